The number of aromatic amines is 1. The number of sulfonamides is 1. The largest absolute Gasteiger partial charge is 0.455 e. The first-order valence-corrected chi connectivity index (χ1v) is 35.2. The number of pyridine rings is 1. The molecule has 95 heavy (non-hydrogen) atoms. The van der Waals surface area contributed by atoms with Crippen LogP contribution >= 0.6 is 11.6 Å². The number of unbranched alkanes of at least 4 members (excludes halogenated alkanes) is 4. The lowest BCUT2D eigenvalue weighted by Gasteiger charge is -2.42. The zero-order chi connectivity index (χ0) is 66.4. The number of allylic oxidation sites excluding steroid dienone is 1. The number of hydrogen-bond acceptors (Lipinski definition) is 15. The van der Waals surface area contributed by atoms with E-state index in [4.69, 9.17) is 16.3 Å². The van der Waals surface area contributed by atoms with Crippen LogP contribution in [0.3, 0.4) is 0 Å². The predicted molar refractivity (Wildman–Crippen MR) is 364 cm³/mol. The van der Waals surface area contributed by atoms with Crippen molar-refractivity contribution in [2.24, 2.45) is 11.3 Å². The summed E-state index contributed by atoms with van der Waals surface area (Å²) in [6.07, 6.45) is 15.3. The molecule has 4 fully saturated rings. The van der Waals surface area contributed by atoms with Gasteiger partial charge in [0.05, 0.1) is 21.6 Å². The van der Waals surface area contributed by atoms with E-state index >= 15 is 0 Å². The maximum Gasteiger partial charge on any atom is 0.293 e. The molecule has 7 heterocycles. The van der Waals surface area contributed by atoms with Crippen molar-refractivity contribution in [3.8, 4) is 23.3 Å². The number of imide groups is 1. The van der Waals surface area contributed by atoms with Gasteiger partial charge in [-0.3, -0.25) is 44.3 Å². The zero-order valence-corrected chi connectivity index (χ0v) is 55.5. The van der Waals surface area contributed by atoms with Crippen LogP contribution in [0.25, 0.3) is 16.6 Å². The van der Waals surface area contributed by atoms with E-state index in [-0.39, 0.29) is 59.0 Å². The lowest BCUT2D eigenvalue weighted by Crippen LogP contribution is -2.52. The molecule has 0 radical (unpaired) electrons. The van der Waals surface area contributed by atoms with Crippen LogP contribution in [0.15, 0.2) is 114 Å². The number of nitro benzene ring substituents is 1. The number of halogens is 1. The number of anilines is 2. The van der Waals surface area contributed by atoms with E-state index in [0.717, 1.165) is 150 Å². The third-order valence-electron chi connectivity index (χ3n) is 19.9. The van der Waals surface area contributed by atoms with Crippen LogP contribution in [0.5, 0.6) is 11.5 Å². The molecule has 5 amide bonds. The average Bonchev–Trinajstić information content (AvgIpc) is 1.73. The SMILES string of the molecule is CC1(C)CCC(CN2CCN(c3ccc(C(=O)NS(=O)(=O)c4ccc(NCC5CCN(C6CCN(C(=O)CCCCCCC#Cc7cccc8c7CN(C7CCC(=O)NC7=O)C8=O)CC6)CC5)c([N+](=O)[O-])c4)c(Oc4cnc5[nH]ccc5c4)c3)CC2)=C(c2ccc(Cl)cc2)C1. The summed E-state index contributed by atoms with van der Waals surface area (Å²) in [5.41, 5.74) is 7.55. The highest BCUT2D eigenvalue weighted by atomic mass is 35.5. The number of nitrogens with zero attached hydrogens (tertiary/aromatic N) is 7. The van der Waals surface area contributed by atoms with Crippen LogP contribution in [0.4, 0.5) is 17.1 Å². The maximum absolute atomic E-state index is 14.2. The van der Waals surface area contributed by atoms with Crippen molar-refractivity contribution in [1.82, 2.24) is 39.6 Å². The first-order valence-electron chi connectivity index (χ1n) is 33.4. The molecule has 498 valence electrons. The van der Waals surface area contributed by atoms with E-state index < -0.39 is 43.4 Å². The standard InChI is InChI=1S/C72H82ClN11O10S/c1-72(2)30-24-52(60(43-72)50-14-16-53(73)17-15-50)46-79-36-38-81(39-37-79)55-18-20-59(65(41-55)94-56-40-51-25-31-74-68(51)76-45-56)69(87)78-95(92,93)57-19-21-62(64(42-57)84(90)91)75-44-48-26-32-80(33-27-48)54-28-34-82(35-29-54)67(86)13-8-6-4-3-5-7-10-49-11-9-12-58-61(49)47-83(71(58)89)63-22-23-66(85)77-70(63)88/h9,11-12,14-21,25,31,40-42,45,48,54,63,75H,3-6,8,13,22-24,26-30,32-39,43-44,46-47H2,1-2H3,(H,74,76)(H,78,87)(H,77,85,88). The van der Waals surface area contributed by atoms with E-state index in [1.807, 2.05) is 35.2 Å². The molecule has 4 N–H and O–H groups in total. The third-order valence-corrected chi connectivity index (χ3v) is 21.4. The second-order valence-corrected chi connectivity index (χ2v) is 29.0. The van der Waals surface area contributed by atoms with Crippen LogP contribution in [0.2, 0.25) is 5.02 Å². The summed E-state index contributed by atoms with van der Waals surface area (Å²) >= 11 is 6.28. The number of nitrogens with one attached hydrogen (secondary N) is 4. The highest BCUT2D eigenvalue weighted by molar-refractivity contribution is 7.90. The van der Waals surface area contributed by atoms with E-state index in [9.17, 15) is 42.5 Å². The number of hydrogen-bond donors (Lipinski definition) is 4. The van der Waals surface area contributed by atoms with Gasteiger partial charge in [-0.1, -0.05) is 73.9 Å². The molecule has 1 atom stereocenters. The Labute approximate surface area is 559 Å². The fourth-order valence-electron chi connectivity index (χ4n) is 14.3. The molecule has 0 bridgehead atoms. The quantitative estimate of drug-likeness (QED) is 0.0172. The monoisotopic (exact) mass is 1330 g/mol. The lowest BCUT2D eigenvalue weighted by molar-refractivity contribution is -0.384. The van der Waals surface area contributed by atoms with Gasteiger partial charge in [0.2, 0.25) is 17.7 Å². The maximum atomic E-state index is 14.2. The summed E-state index contributed by atoms with van der Waals surface area (Å²) in [4.78, 5) is 94.6. The van der Waals surface area contributed by atoms with Crippen LogP contribution < -0.4 is 25.0 Å². The van der Waals surface area contributed by atoms with Crippen molar-refractivity contribution < 1.29 is 42.1 Å². The average molecular weight is 1330 g/mol. The number of likely N-dealkylation sites (tertiary alicyclic amines) is 2. The first-order chi connectivity index (χ1) is 45.8. The Bertz CT molecular complexity index is 4120. The van der Waals surface area contributed by atoms with Crippen molar-refractivity contribution in [3.63, 3.8) is 0 Å². The number of carbonyl (C=O) groups excluding carboxylic acids is 5. The minimum atomic E-state index is -4.63. The molecule has 6 aliphatic rings. The number of H-pyrrole nitrogens is 1. The molecule has 6 aromatic rings. The number of benzene rings is 4. The Kier molecular flexibility index (Phi) is 20.4. The van der Waals surface area contributed by atoms with Gasteiger partial charge in [-0.25, -0.2) is 18.1 Å². The molecule has 4 saturated heterocycles. The van der Waals surface area contributed by atoms with Crippen LogP contribution in [-0.4, -0.2) is 150 Å². The second-order valence-electron chi connectivity index (χ2n) is 26.9. The molecule has 1 aliphatic carbocycles. The topological polar surface area (TPSA) is 253 Å². The summed E-state index contributed by atoms with van der Waals surface area (Å²) in [5, 5.41) is 19.6. The Hall–Kier alpha value is -8.62. The minimum Gasteiger partial charge on any atom is -0.455 e. The van der Waals surface area contributed by atoms with Gasteiger partial charge < -0.3 is 34.6 Å². The van der Waals surface area contributed by atoms with Gasteiger partial charge >= 0.3 is 0 Å². The molecular weight excluding hydrogens is 1250 g/mol. The third kappa shape index (κ3) is 15.9. The molecule has 0 saturated carbocycles. The molecular formula is C72H82ClN11O10S. The summed E-state index contributed by atoms with van der Waals surface area (Å²) in [6.45, 7) is 12.4. The number of piperazine rings is 1. The molecule has 1 unspecified atom stereocenters. The Morgan fingerprint density at radius 2 is 1.64 bits per heavy atom. The van der Waals surface area contributed by atoms with Crippen molar-refractivity contribution in [2.75, 3.05) is 75.7 Å². The summed E-state index contributed by atoms with van der Waals surface area (Å²) < 4.78 is 36.6. The van der Waals surface area contributed by atoms with Crippen molar-refractivity contribution >= 4 is 84.8 Å². The van der Waals surface area contributed by atoms with Crippen molar-refractivity contribution in [3.05, 3.63) is 152 Å². The summed E-state index contributed by atoms with van der Waals surface area (Å²) in [7, 11) is -4.63. The second kappa shape index (κ2) is 29.2. The lowest BCUT2D eigenvalue weighted by atomic mass is 9.72. The Morgan fingerprint density at radius 3 is 2.41 bits per heavy atom. The van der Waals surface area contributed by atoms with Crippen LogP contribution in [-0.2, 0) is 31.0 Å². The highest BCUT2D eigenvalue weighted by Gasteiger charge is 2.40. The van der Waals surface area contributed by atoms with E-state index in [0.29, 0.717) is 61.9 Å². The molecule has 23 heteroatoms. The van der Waals surface area contributed by atoms with Crippen molar-refractivity contribution in [1.29, 1.82) is 0 Å². The number of fused-ring (bicyclic) bond motifs is 2. The van der Waals surface area contributed by atoms with E-state index in [1.165, 1.54) is 39.9 Å². The van der Waals surface area contributed by atoms with Gasteiger partial charge in [0.15, 0.2) is 0 Å². The number of nitro groups is 1. The molecule has 4 aromatic carbocycles. The number of carbonyl (C=O) groups is 5. The zero-order valence-electron chi connectivity index (χ0n) is 53.9. The van der Waals surface area contributed by atoms with Crippen LogP contribution in [0, 0.1) is 33.3 Å². The number of ether oxygens (including phenoxy) is 1. The number of aromatic nitrogens is 2. The van der Waals surface area contributed by atoms with E-state index in [2.05, 4.69) is 77.8 Å². The smallest absolute Gasteiger partial charge is 0.293 e. The van der Waals surface area contributed by atoms with Gasteiger partial charge in [-0.2, -0.15) is 0 Å². The highest BCUT2D eigenvalue weighted by Crippen LogP contribution is 2.44. The Balaban J connectivity index is 0.589. The van der Waals surface area contributed by atoms with Gasteiger partial charge in [-0.15, -0.1) is 0 Å². The van der Waals surface area contributed by atoms with E-state index in [1.54, 1.807) is 36.5 Å². The Morgan fingerprint density at radius 1 is 0.863 bits per heavy atom. The van der Waals surface area contributed by atoms with Gasteiger partial charge in [0.25, 0.3) is 27.5 Å². The first kappa shape index (κ1) is 66.4. The fourth-order valence-corrected chi connectivity index (χ4v) is 15.4. The van der Waals surface area contributed by atoms with Gasteiger partial charge in [-0.05, 0) is 166 Å². The number of piperidine rings is 3. The minimum absolute atomic E-state index is 0.0543. The fraction of sp³-hybridized carbons (Fsp3) is 0.444. The normalized spacial score (nSPS) is 19.1. The predicted octanol–water partition coefficient (Wildman–Crippen LogP) is 11.1. The molecule has 21 nitrogen and oxygen atoms in total. The van der Waals surface area contributed by atoms with Gasteiger partial charge in [0.1, 0.15) is 28.9 Å². The molecule has 0 spiro atoms. The van der Waals surface area contributed by atoms with Gasteiger partial charge in [0, 0.05) is 130 Å². The number of amides is 5. The number of rotatable bonds is 21. The summed E-state index contributed by atoms with van der Waals surface area (Å²) in [5.74, 6) is 5.41. The summed E-state index contributed by atoms with van der Waals surface area (Å²) in [6, 6.07) is 25.6. The van der Waals surface area contributed by atoms with Crippen molar-refractivity contribution in [2.45, 2.75) is 134 Å². The molecule has 5 aliphatic heterocycles. The van der Waals surface area contributed by atoms with Crippen LogP contribution in [0.1, 0.15) is 148 Å². The molecule has 12 rings (SSSR count). The molecule has 2 aromatic heterocycles.